The van der Waals surface area contributed by atoms with Crippen molar-refractivity contribution in [2.24, 2.45) is 22.9 Å². The van der Waals surface area contributed by atoms with Gasteiger partial charge in [0.25, 0.3) is 5.91 Å². The number of benzene rings is 2. The number of hydrogen-bond acceptors (Lipinski definition) is 4. The maximum atomic E-state index is 13.2. The molecule has 5 aliphatic rings. The van der Waals surface area contributed by atoms with E-state index >= 15 is 0 Å². The lowest BCUT2D eigenvalue weighted by molar-refractivity contribution is -0.151. The molecule has 1 aliphatic heterocycles. The molecule has 0 radical (unpaired) electrons. The molecule has 4 bridgehead atoms. The average molecular weight is 431 g/mol. The quantitative estimate of drug-likeness (QED) is 0.753. The van der Waals surface area contributed by atoms with Crippen molar-refractivity contribution >= 4 is 11.6 Å². The number of rotatable bonds is 5. The molecule has 0 saturated heterocycles. The first-order valence-corrected chi connectivity index (χ1v) is 11.9. The second-order valence-corrected chi connectivity index (χ2v) is 10.4. The number of oxime groups is 1. The van der Waals surface area contributed by atoms with E-state index in [1.807, 2.05) is 36.4 Å². The third-order valence-corrected chi connectivity index (χ3v) is 8.13. The lowest BCUT2D eigenvalue weighted by atomic mass is 9.52. The van der Waals surface area contributed by atoms with Crippen LogP contribution in [0.5, 0.6) is 0 Å². The molecule has 4 saturated carbocycles. The molecule has 2 aromatic carbocycles. The highest BCUT2D eigenvalue weighted by molar-refractivity contribution is 5.98. The first-order chi connectivity index (χ1) is 15.6. The highest BCUT2D eigenvalue weighted by atomic mass is 16.6. The number of carbonyl (C=O) groups is 1. The maximum Gasteiger partial charge on any atom is 0.264 e. The third kappa shape index (κ3) is 3.53. The number of nitrogens with zero attached hydrogens (tertiary/aromatic N) is 1. The molecule has 4 aliphatic carbocycles. The van der Waals surface area contributed by atoms with E-state index < -0.39 is 11.7 Å². The van der Waals surface area contributed by atoms with Gasteiger partial charge in [-0.05, 0) is 61.0 Å². The van der Waals surface area contributed by atoms with Crippen LogP contribution in [0.15, 0.2) is 65.8 Å². The zero-order chi connectivity index (χ0) is 21.7. The summed E-state index contributed by atoms with van der Waals surface area (Å²) in [6.45, 7) is 0. The molecule has 5 nitrogen and oxygen atoms in total. The van der Waals surface area contributed by atoms with E-state index in [4.69, 9.17) is 4.84 Å². The smallest absolute Gasteiger partial charge is 0.264 e. The van der Waals surface area contributed by atoms with Crippen molar-refractivity contribution in [2.45, 2.75) is 62.2 Å². The Morgan fingerprint density at radius 2 is 1.56 bits per heavy atom. The second-order valence-electron chi connectivity index (χ2n) is 10.4. The Morgan fingerprint density at radius 3 is 2.12 bits per heavy atom. The van der Waals surface area contributed by atoms with Crippen LogP contribution in [0.2, 0.25) is 0 Å². The van der Waals surface area contributed by atoms with Crippen LogP contribution in [0.3, 0.4) is 0 Å². The lowest BCUT2D eigenvalue weighted by Crippen LogP contribution is -2.62. The van der Waals surface area contributed by atoms with E-state index in [1.54, 1.807) is 0 Å². The molecule has 0 spiro atoms. The van der Waals surface area contributed by atoms with Crippen LogP contribution in [-0.2, 0) is 9.63 Å². The molecule has 3 unspecified atom stereocenters. The van der Waals surface area contributed by atoms with Crippen molar-refractivity contribution in [3.05, 3.63) is 71.8 Å². The predicted octanol–water partition coefficient (Wildman–Crippen LogP) is 4.02. The predicted molar refractivity (Wildman–Crippen MR) is 122 cm³/mol. The summed E-state index contributed by atoms with van der Waals surface area (Å²) in [7, 11) is 0. The van der Waals surface area contributed by atoms with Crippen LogP contribution in [0.4, 0.5) is 0 Å². The molecule has 1 heterocycles. The van der Waals surface area contributed by atoms with Crippen LogP contribution < -0.4 is 5.32 Å². The van der Waals surface area contributed by atoms with Gasteiger partial charge >= 0.3 is 0 Å². The molecule has 0 aromatic heterocycles. The van der Waals surface area contributed by atoms with E-state index in [2.05, 4.69) is 34.7 Å². The molecular weight excluding hydrogens is 400 g/mol. The van der Waals surface area contributed by atoms with E-state index in [-0.39, 0.29) is 17.9 Å². The molecule has 166 valence electrons. The van der Waals surface area contributed by atoms with E-state index in [0.29, 0.717) is 24.2 Å². The van der Waals surface area contributed by atoms with Gasteiger partial charge in [-0.25, -0.2) is 0 Å². The number of hydrogen-bond donors (Lipinski definition) is 2. The maximum absolute atomic E-state index is 13.2. The SMILES string of the molecule is O=C(NC1[C@@H]2CC3C[C@H]1CC(O)(C3)C2)[C@@H]1CC(C(c2ccccc2)c2ccccc2)=NO1. The highest BCUT2D eigenvalue weighted by Crippen LogP contribution is 2.55. The van der Waals surface area contributed by atoms with Gasteiger partial charge in [-0.2, -0.15) is 0 Å². The van der Waals surface area contributed by atoms with Gasteiger partial charge in [0, 0.05) is 12.5 Å². The number of carbonyl (C=O) groups excluding carboxylic acids is 1. The summed E-state index contributed by atoms with van der Waals surface area (Å²) in [5.41, 5.74) is 2.70. The van der Waals surface area contributed by atoms with Crippen molar-refractivity contribution in [3.8, 4) is 0 Å². The highest BCUT2D eigenvalue weighted by Gasteiger charge is 2.55. The van der Waals surface area contributed by atoms with E-state index in [1.165, 1.54) is 0 Å². The summed E-state index contributed by atoms with van der Waals surface area (Å²) in [5, 5.41) is 18.5. The van der Waals surface area contributed by atoms with E-state index in [0.717, 1.165) is 48.9 Å². The van der Waals surface area contributed by atoms with Gasteiger partial charge in [0.1, 0.15) is 0 Å². The Hall–Kier alpha value is -2.66. The standard InChI is InChI=1S/C27H30N2O3/c30-26(28-25-20-11-17-12-21(25)16-27(31,14-17)15-20)23-13-22(29-32-23)24(18-7-3-1-4-8-18)19-9-5-2-6-10-19/h1-10,17,20-21,23-25,31H,11-16H2,(H,28,30)/t17?,20-,21+,23-,25?,27?/m0/s1. The molecule has 6 atom stereocenters. The van der Waals surface area contributed by atoms with Crippen LogP contribution >= 0.6 is 0 Å². The molecule has 5 heteroatoms. The molecule has 2 N–H and O–H groups in total. The Bertz CT molecular complexity index is 966. The molecular formula is C27H30N2O3. The molecule has 7 rings (SSSR count). The lowest BCUT2D eigenvalue weighted by Gasteiger charge is -2.58. The van der Waals surface area contributed by atoms with Gasteiger partial charge in [-0.3, -0.25) is 4.79 Å². The summed E-state index contributed by atoms with van der Waals surface area (Å²) in [4.78, 5) is 18.9. The van der Waals surface area contributed by atoms with Crippen molar-refractivity contribution < 1.29 is 14.7 Å². The molecule has 2 aromatic rings. The van der Waals surface area contributed by atoms with Crippen molar-refractivity contribution in [2.75, 3.05) is 0 Å². The van der Waals surface area contributed by atoms with Crippen molar-refractivity contribution in [3.63, 3.8) is 0 Å². The van der Waals surface area contributed by atoms with Gasteiger partial charge in [0.15, 0.2) is 0 Å². The first kappa shape index (κ1) is 20.0. The normalized spacial score (nSPS) is 34.9. The summed E-state index contributed by atoms with van der Waals surface area (Å²) < 4.78 is 0. The Kier molecular flexibility index (Phi) is 4.83. The van der Waals surface area contributed by atoms with Gasteiger partial charge in [-0.1, -0.05) is 65.8 Å². The fraction of sp³-hybridized carbons (Fsp3) is 0.481. The Morgan fingerprint density at radius 1 is 0.969 bits per heavy atom. The van der Waals surface area contributed by atoms with Crippen LogP contribution in [-0.4, -0.2) is 34.5 Å². The molecule has 1 amide bonds. The monoisotopic (exact) mass is 430 g/mol. The van der Waals surface area contributed by atoms with Crippen LogP contribution in [0.25, 0.3) is 0 Å². The van der Waals surface area contributed by atoms with Crippen molar-refractivity contribution in [1.29, 1.82) is 0 Å². The number of amides is 1. The summed E-state index contributed by atoms with van der Waals surface area (Å²) >= 11 is 0. The summed E-state index contributed by atoms with van der Waals surface area (Å²) in [5.74, 6) is 1.32. The minimum atomic E-state index is -0.583. The fourth-order valence-electron chi connectivity index (χ4n) is 7.05. The fourth-order valence-corrected chi connectivity index (χ4v) is 7.05. The summed E-state index contributed by atoms with van der Waals surface area (Å²) in [6.07, 6.45) is 4.76. The Balaban J connectivity index is 1.17. The number of aliphatic hydroxyl groups is 1. The van der Waals surface area contributed by atoms with Crippen LogP contribution in [0, 0.1) is 17.8 Å². The number of nitrogens with one attached hydrogen (secondary N) is 1. The largest absolute Gasteiger partial charge is 0.390 e. The summed E-state index contributed by atoms with van der Waals surface area (Å²) in [6, 6.07) is 20.7. The van der Waals surface area contributed by atoms with E-state index in [9.17, 15) is 9.90 Å². The first-order valence-electron chi connectivity index (χ1n) is 11.9. The van der Waals surface area contributed by atoms with Gasteiger partial charge in [0.05, 0.1) is 17.2 Å². The zero-order valence-corrected chi connectivity index (χ0v) is 18.2. The van der Waals surface area contributed by atoms with Gasteiger partial charge in [-0.15, -0.1) is 0 Å². The average Bonchev–Trinajstić information content (AvgIpc) is 3.27. The topological polar surface area (TPSA) is 70.9 Å². The van der Waals surface area contributed by atoms with Gasteiger partial charge in [0.2, 0.25) is 6.10 Å². The molecule has 32 heavy (non-hydrogen) atoms. The van der Waals surface area contributed by atoms with Crippen molar-refractivity contribution in [1.82, 2.24) is 5.32 Å². The van der Waals surface area contributed by atoms with Crippen LogP contribution in [0.1, 0.15) is 55.6 Å². The zero-order valence-electron chi connectivity index (χ0n) is 18.2. The second kappa shape index (κ2) is 7.73. The minimum Gasteiger partial charge on any atom is -0.390 e. The Labute approximate surface area is 188 Å². The van der Waals surface area contributed by atoms with Gasteiger partial charge < -0.3 is 15.3 Å². The third-order valence-electron chi connectivity index (χ3n) is 8.13. The minimum absolute atomic E-state index is 0.0226. The molecule has 4 fully saturated rings.